The molecule has 10 rings (SSSR count). The molecule has 404 valence electrons. The monoisotopic (exact) mass is 1010 g/mol. The number of carbonyl (C=O) groups is 2. The molecule has 0 radical (unpaired) electrons. The van der Waals surface area contributed by atoms with Gasteiger partial charge in [0, 0.05) is 48.3 Å². The zero-order valence-electron chi connectivity index (χ0n) is 43.4. The summed E-state index contributed by atoms with van der Waals surface area (Å²) in [6.07, 6.45) is 8.12. The number of fused-ring (bicyclic) bond motifs is 3. The normalized spacial score (nSPS) is 48.6. The van der Waals surface area contributed by atoms with Gasteiger partial charge in [0.15, 0.2) is 6.29 Å². The quantitative estimate of drug-likeness (QED) is 0.0722. The Balaban J connectivity index is 1.15. The van der Waals surface area contributed by atoms with Gasteiger partial charge >= 0.3 is 5.97 Å². The number of nitrogens with two attached hydrogens (primary N) is 1. The maximum Gasteiger partial charge on any atom is 0.310 e. The SMILES string of the molecule is CNCC(CC(c1cnc[nH]1)C1NC(=O)C2(CCCC2)C1CC1C(O)C(OC2OCC(O)C(O)C2O)C(C)(CO)C2CCC3(C)C45CCCC3(CC=C4C3CC(C)(CO)CCC3(C(=O)O)CC5)C12C)C(N)O. The maximum absolute atomic E-state index is 15.1. The average molecular weight is 1010 g/mol. The second kappa shape index (κ2) is 18.6. The van der Waals surface area contributed by atoms with Crippen molar-refractivity contribution in [3.63, 3.8) is 0 Å². The number of rotatable bonds is 14. The first-order chi connectivity index (χ1) is 34.1. The minimum atomic E-state index is -1.64. The fourth-order valence-corrected chi connectivity index (χ4v) is 19.8. The first-order valence-electron chi connectivity index (χ1n) is 27.7. The van der Waals surface area contributed by atoms with Gasteiger partial charge in [0.05, 0.1) is 42.6 Å². The summed E-state index contributed by atoms with van der Waals surface area (Å²) in [4.78, 5) is 36.5. The van der Waals surface area contributed by atoms with Crippen molar-refractivity contribution in [2.45, 2.75) is 192 Å². The Labute approximate surface area is 424 Å². The molecule has 9 aliphatic rings. The summed E-state index contributed by atoms with van der Waals surface area (Å²) < 4.78 is 12.8. The summed E-state index contributed by atoms with van der Waals surface area (Å²) in [5.41, 5.74) is 3.24. The van der Waals surface area contributed by atoms with Crippen molar-refractivity contribution in [1.82, 2.24) is 20.6 Å². The van der Waals surface area contributed by atoms with Gasteiger partial charge in [-0.15, -0.1) is 0 Å². The number of aliphatic hydroxyl groups excluding tert-OH is 7. The molecule has 1 aromatic rings. The van der Waals surface area contributed by atoms with Crippen molar-refractivity contribution in [3.05, 3.63) is 29.9 Å². The molecule has 1 aromatic heterocycles. The fourth-order valence-electron chi connectivity index (χ4n) is 19.8. The van der Waals surface area contributed by atoms with Crippen molar-refractivity contribution in [1.29, 1.82) is 0 Å². The predicted molar refractivity (Wildman–Crippen MR) is 264 cm³/mol. The number of H-pyrrole nitrogens is 1. The number of aromatic nitrogens is 2. The number of carboxylic acid groups (broad SMARTS) is 1. The van der Waals surface area contributed by atoms with Crippen LogP contribution >= 0.6 is 0 Å². The Bertz CT molecular complexity index is 2210. The minimum absolute atomic E-state index is 0.00333. The number of hydrogen-bond donors (Lipinski definition) is 12. The standard InChI is InChI=1S/C55H87N5O12/c1-48(27-61)17-18-53(47(69)70)19-20-54-13-8-14-55(16-9-32(54)35(53)23-48)50(54,3)15-10-38-49(2,28-62)43(72-45-42(66)41(65)37(63)26-71-45)40(64)34(51(38,55)4)22-33-39(60-46(68)52(33)11-6-7-12-52)31(36-25-58-29-59-36)21-30(24-57-5)44(56)67/h9,25,29-31,33-35,37-45,57,61-67H,6-8,10-24,26-28,56H2,1-5H3,(H,58,59)(H,60,68)(H,69,70). The molecular weight excluding hydrogens is 923 g/mol. The molecule has 8 fully saturated rings. The molecule has 7 aliphatic carbocycles. The number of nitrogens with zero attached hydrogens (tertiary/aromatic N) is 1. The van der Waals surface area contributed by atoms with Crippen LogP contribution in [0.1, 0.15) is 148 Å². The van der Waals surface area contributed by atoms with E-state index in [0.717, 1.165) is 50.6 Å². The van der Waals surface area contributed by atoms with Crippen molar-refractivity contribution in [2.75, 3.05) is 33.4 Å². The van der Waals surface area contributed by atoms with E-state index in [1.165, 1.54) is 5.57 Å². The van der Waals surface area contributed by atoms with E-state index in [1.807, 2.05) is 14.0 Å². The highest BCUT2D eigenvalue weighted by atomic mass is 16.7. The van der Waals surface area contributed by atoms with Gasteiger partial charge in [-0.1, -0.05) is 58.6 Å². The zero-order valence-corrected chi connectivity index (χ0v) is 43.4. The highest BCUT2D eigenvalue weighted by molar-refractivity contribution is 5.86. The van der Waals surface area contributed by atoms with Gasteiger partial charge in [-0.3, -0.25) is 9.59 Å². The molecule has 2 aliphatic heterocycles. The van der Waals surface area contributed by atoms with Crippen LogP contribution < -0.4 is 16.4 Å². The smallest absolute Gasteiger partial charge is 0.310 e. The van der Waals surface area contributed by atoms with Crippen LogP contribution in [0.25, 0.3) is 0 Å². The molecule has 17 heteroatoms. The number of aromatic amines is 1. The first-order valence-corrected chi connectivity index (χ1v) is 27.7. The Morgan fingerprint density at radius 3 is 2.33 bits per heavy atom. The second-order valence-corrected chi connectivity index (χ2v) is 26.2. The molecular formula is C55H87N5O12. The highest BCUT2D eigenvalue weighted by Crippen LogP contribution is 2.85. The topological polar surface area (TPSA) is 293 Å². The molecule has 2 saturated heterocycles. The van der Waals surface area contributed by atoms with Crippen LogP contribution in [0.15, 0.2) is 24.2 Å². The van der Waals surface area contributed by atoms with Crippen molar-refractivity contribution >= 4 is 11.9 Å². The maximum atomic E-state index is 15.1. The fraction of sp³-hybridized carbons (Fsp3) is 0.873. The lowest BCUT2D eigenvalue weighted by molar-refractivity contribution is -0.359. The number of ether oxygens (including phenoxy) is 2. The van der Waals surface area contributed by atoms with Crippen LogP contribution in [0.2, 0.25) is 0 Å². The molecule has 17 nitrogen and oxygen atoms in total. The number of nitrogens with one attached hydrogen (secondary N) is 3. The summed E-state index contributed by atoms with van der Waals surface area (Å²) >= 11 is 0. The molecule has 72 heavy (non-hydrogen) atoms. The Morgan fingerprint density at radius 1 is 0.944 bits per heavy atom. The van der Waals surface area contributed by atoms with Crippen molar-refractivity contribution in [2.24, 2.45) is 78.6 Å². The van der Waals surface area contributed by atoms with Crippen molar-refractivity contribution in [3.8, 4) is 0 Å². The molecule has 21 atom stereocenters. The van der Waals surface area contributed by atoms with Gasteiger partial charge in [-0.2, -0.15) is 0 Å². The van der Waals surface area contributed by atoms with Crippen LogP contribution in [0.4, 0.5) is 0 Å². The van der Waals surface area contributed by atoms with Crippen molar-refractivity contribution < 1.29 is 59.9 Å². The zero-order chi connectivity index (χ0) is 51.6. The molecule has 2 bridgehead atoms. The largest absolute Gasteiger partial charge is 0.481 e. The number of carboxylic acids is 1. The highest BCUT2D eigenvalue weighted by Gasteiger charge is 2.80. The summed E-state index contributed by atoms with van der Waals surface area (Å²) in [7, 11) is 1.82. The van der Waals surface area contributed by atoms with Crippen LogP contribution in [0, 0.1) is 72.9 Å². The van der Waals surface area contributed by atoms with E-state index < -0.39 is 93.5 Å². The van der Waals surface area contributed by atoms with Gasteiger partial charge in [-0.05, 0) is 148 Å². The number of aliphatic hydroxyl groups is 7. The van der Waals surface area contributed by atoms with E-state index in [0.29, 0.717) is 70.8 Å². The van der Waals surface area contributed by atoms with Gasteiger partial charge in [0.1, 0.15) is 24.5 Å². The molecule has 6 saturated carbocycles. The summed E-state index contributed by atoms with van der Waals surface area (Å²) in [6.45, 7) is 8.70. The number of aliphatic carboxylic acids is 1. The Morgan fingerprint density at radius 2 is 1.68 bits per heavy atom. The van der Waals surface area contributed by atoms with Crippen LogP contribution in [-0.2, 0) is 19.1 Å². The summed E-state index contributed by atoms with van der Waals surface area (Å²) in [5.74, 6) is -2.86. The van der Waals surface area contributed by atoms with E-state index >= 15 is 4.79 Å². The summed E-state index contributed by atoms with van der Waals surface area (Å²) in [5, 5.41) is 98.5. The Hall–Kier alpha value is -2.55. The Kier molecular flexibility index (Phi) is 13.6. The molecule has 0 aromatic carbocycles. The molecule has 1 amide bonds. The number of amides is 1. The van der Waals surface area contributed by atoms with Gasteiger partial charge in [0.2, 0.25) is 5.91 Å². The lowest BCUT2D eigenvalue weighted by Gasteiger charge is -2.80. The number of allylic oxidation sites excluding steroid dienone is 2. The van der Waals surface area contributed by atoms with Crippen LogP contribution in [-0.4, -0.2) is 145 Å². The third-order valence-electron chi connectivity index (χ3n) is 23.7. The third-order valence-corrected chi connectivity index (χ3v) is 23.7. The lowest BCUT2D eigenvalue weighted by Crippen LogP contribution is -2.77. The predicted octanol–water partition coefficient (Wildman–Crippen LogP) is 3.45. The third kappa shape index (κ3) is 7.20. The first kappa shape index (κ1) is 52.9. The molecule has 3 heterocycles. The lowest BCUT2D eigenvalue weighted by atomic mass is 9.24. The van der Waals surface area contributed by atoms with Gasteiger partial charge in [0.25, 0.3) is 0 Å². The number of carbonyl (C=O) groups excluding carboxylic acids is 1. The van der Waals surface area contributed by atoms with Gasteiger partial charge in [-0.25, -0.2) is 4.98 Å². The van der Waals surface area contributed by atoms with E-state index in [4.69, 9.17) is 15.2 Å². The van der Waals surface area contributed by atoms with E-state index in [-0.39, 0.29) is 66.1 Å². The van der Waals surface area contributed by atoms with Crippen LogP contribution in [0.5, 0.6) is 0 Å². The summed E-state index contributed by atoms with van der Waals surface area (Å²) in [6, 6.07) is -0.452. The molecule has 2 spiro atoms. The molecule has 13 N–H and O–H groups in total. The minimum Gasteiger partial charge on any atom is -0.481 e. The van der Waals surface area contributed by atoms with E-state index in [1.54, 1.807) is 12.5 Å². The number of hydrogen-bond acceptors (Lipinski definition) is 14. The average Bonchev–Trinajstić information content (AvgIpc) is 4.13. The van der Waals surface area contributed by atoms with Gasteiger partial charge < -0.3 is 71.7 Å². The number of imidazole rings is 1. The molecule has 21 unspecified atom stereocenters. The van der Waals surface area contributed by atoms with E-state index in [9.17, 15) is 45.6 Å². The van der Waals surface area contributed by atoms with Crippen LogP contribution in [0.3, 0.4) is 0 Å². The second-order valence-electron chi connectivity index (χ2n) is 26.2. The van der Waals surface area contributed by atoms with E-state index in [2.05, 4.69) is 47.4 Å².